The number of nitrogens with zero attached hydrogens (tertiary/aromatic N) is 3. The van der Waals surface area contributed by atoms with Crippen LogP contribution in [0.2, 0.25) is 0 Å². The van der Waals surface area contributed by atoms with E-state index in [0.717, 1.165) is 0 Å². The number of morpholine rings is 1. The molecule has 0 aliphatic carbocycles. The highest BCUT2D eigenvalue weighted by Gasteiger charge is 2.22. The third kappa shape index (κ3) is 4.35. The van der Waals surface area contributed by atoms with Crippen LogP contribution in [0.1, 0.15) is 24.2 Å². The lowest BCUT2D eigenvalue weighted by Crippen LogP contribution is -2.39. The molecule has 0 bridgehead atoms. The maximum atomic E-state index is 13.2. The van der Waals surface area contributed by atoms with Gasteiger partial charge < -0.3 is 15.0 Å². The van der Waals surface area contributed by atoms with Crippen LogP contribution in [0.5, 0.6) is 0 Å². The van der Waals surface area contributed by atoms with Gasteiger partial charge in [-0.3, -0.25) is 4.79 Å². The number of aromatic nitrogens is 2. The second-order valence-electron chi connectivity index (χ2n) is 6.64. The van der Waals surface area contributed by atoms with Crippen LogP contribution in [0.25, 0.3) is 11.4 Å². The average Bonchev–Trinajstić information content (AvgIpc) is 2.67. The van der Waals surface area contributed by atoms with Crippen LogP contribution in [0.3, 0.4) is 0 Å². The number of benzene rings is 1. The van der Waals surface area contributed by atoms with Gasteiger partial charge in [-0.05, 0) is 30.2 Å². The third-order valence-corrected chi connectivity index (χ3v) is 4.10. The largest absolute Gasteiger partial charge is 0.378 e. The summed E-state index contributed by atoms with van der Waals surface area (Å²) in [5.74, 6) is 0.902. The molecule has 0 spiro atoms. The van der Waals surface area contributed by atoms with Gasteiger partial charge in [-0.25, -0.2) is 14.4 Å². The second kappa shape index (κ2) is 8.23. The number of halogens is 1. The van der Waals surface area contributed by atoms with Gasteiger partial charge in [-0.2, -0.15) is 0 Å². The summed E-state index contributed by atoms with van der Waals surface area (Å²) in [7, 11) is 0. The van der Waals surface area contributed by atoms with Crippen molar-refractivity contribution >= 4 is 11.7 Å². The second-order valence-corrected chi connectivity index (χ2v) is 6.64. The molecule has 0 atom stereocenters. The first-order valence-corrected chi connectivity index (χ1v) is 8.78. The first-order valence-electron chi connectivity index (χ1n) is 8.78. The molecule has 26 heavy (non-hydrogen) atoms. The summed E-state index contributed by atoms with van der Waals surface area (Å²) in [5.41, 5.74) is 1.15. The number of anilines is 1. The topological polar surface area (TPSA) is 67.4 Å². The van der Waals surface area contributed by atoms with E-state index in [9.17, 15) is 9.18 Å². The van der Waals surface area contributed by atoms with Crippen LogP contribution in [-0.4, -0.2) is 48.7 Å². The predicted octanol–water partition coefficient (Wildman–Crippen LogP) is 2.51. The van der Waals surface area contributed by atoms with Crippen molar-refractivity contribution in [3.63, 3.8) is 0 Å². The number of carbonyl (C=O) groups is 1. The van der Waals surface area contributed by atoms with E-state index in [1.54, 1.807) is 18.3 Å². The molecule has 3 rings (SSSR count). The number of rotatable bonds is 5. The Labute approximate surface area is 152 Å². The Balaban J connectivity index is 1.95. The minimum Gasteiger partial charge on any atom is -0.378 e. The predicted molar refractivity (Wildman–Crippen MR) is 97.6 cm³/mol. The van der Waals surface area contributed by atoms with E-state index in [1.807, 2.05) is 18.7 Å². The number of hydrogen-bond donors (Lipinski definition) is 1. The summed E-state index contributed by atoms with van der Waals surface area (Å²) < 4.78 is 18.6. The van der Waals surface area contributed by atoms with Crippen LogP contribution in [0, 0.1) is 11.7 Å². The van der Waals surface area contributed by atoms with Crippen LogP contribution in [0.4, 0.5) is 10.2 Å². The van der Waals surface area contributed by atoms with E-state index in [4.69, 9.17) is 4.74 Å². The lowest BCUT2D eigenvalue weighted by atomic mass is 10.1. The molecule has 1 aromatic carbocycles. The maximum Gasteiger partial charge on any atom is 0.256 e. The highest BCUT2D eigenvalue weighted by molar-refractivity contribution is 5.99. The number of nitrogens with one attached hydrogen (secondary N) is 1. The van der Waals surface area contributed by atoms with Crippen LogP contribution in [-0.2, 0) is 4.74 Å². The molecule has 1 fully saturated rings. The SMILES string of the molecule is CC(C)CNC(=O)c1cnc(-c2ccc(F)cc2)nc1N1CCOCC1. The van der Waals surface area contributed by atoms with Gasteiger partial charge in [-0.15, -0.1) is 0 Å². The Bertz CT molecular complexity index is 759. The summed E-state index contributed by atoms with van der Waals surface area (Å²) in [4.78, 5) is 23.6. The first kappa shape index (κ1) is 18.3. The molecule has 0 saturated carbocycles. The Hall–Kier alpha value is -2.54. The quantitative estimate of drug-likeness (QED) is 0.890. The highest BCUT2D eigenvalue weighted by Crippen LogP contribution is 2.23. The molecule has 2 heterocycles. The number of hydrogen-bond acceptors (Lipinski definition) is 5. The minimum atomic E-state index is -0.313. The van der Waals surface area contributed by atoms with Crippen molar-refractivity contribution in [3.05, 3.63) is 41.8 Å². The van der Waals surface area contributed by atoms with Gasteiger partial charge in [0.25, 0.3) is 5.91 Å². The maximum absolute atomic E-state index is 13.2. The van der Waals surface area contributed by atoms with Gasteiger partial charge in [0.05, 0.1) is 13.2 Å². The standard InChI is InChI=1S/C19H23FN4O2/c1-13(2)11-22-19(25)16-12-21-17(14-3-5-15(20)6-4-14)23-18(16)24-7-9-26-10-8-24/h3-6,12-13H,7-11H2,1-2H3,(H,22,25). The molecule has 138 valence electrons. The van der Waals surface area contributed by atoms with Crippen molar-refractivity contribution in [1.82, 2.24) is 15.3 Å². The van der Waals surface area contributed by atoms with E-state index in [2.05, 4.69) is 15.3 Å². The van der Waals surface area contributed by atoms with Crippen molar-refractivity contribution in [1.29, 1.82) is 0 Å². The lowest BCUT2D eigenvalue weighted by Gasteiger charge is -2.29. The Kier molecular flexibility index (Phi) is 5.78. The lowest BCUT2D eigenvalue weighted by molar-refractivity contribution is 0.0946. The molecule has 1 saturated heterocycles. The van der Waals surface area contributed by atoms with Crippen molar-refractivity contribution in [3.8, 4) is 11.4 Å². The first-order chi connectivity index (χ1) is 12.5. The summed E-state index contributed by atoms with van der Waals surface area (Å²) in [5, 5.41) is 2.92. The van der Waals surface area contributed by atoms with Gasteiger partial charge in [0, 0.05) is 31.4 Å². The van der Waals surface area contributed by atoms with Gasteiger partial charge in [0.1, 0.15) is 17.2 Å². The Morgan fingerprint density at radius 2 is 1.96 bits per heavy atom. The fourth-order valence-electron chi connectivity index (χ4n) is 2.68. The molecule has 1 aromatic heterocycles. The number of ether oxygens (including phenoxy) is 1. The molecule has 0 radical (unpaired) electrons. The fraction of sp³-hybridized carbons (Fsp3) is 0.421. The van der Waals surface area contributed by atoms with Crippen LogP contribution in [0.15, 0.2) is 30.5 Å². The summed E-state index contributed by atoms with van der Waals surface area (Å²) in [6.45, 7) is 7.15. The minimum absolute atomic E-state index is 0.189. The van der Waals surface area contributed by atoms with E-state index >= 15 is 0 Å². The summed E-state index contributed by atoms with van der Waals surface area (Å²) in [6, 6.07) is 6.01. The van der Waals surface area contributed by atoms with Gasteiger partial charge >= 0.3 is 0 Å². The fourth-order valence-corrected chi connectivity index (χ4v) is 2.68. The Morgan fingerprint density at radius 3 is 2.62 bits per heavy atom. The monoisotopic (exact) mass is 358 g/mol. The van der Waals surface area contributed by atoms with E-state index in [-0.39, 0.29) is 11.7 Å². The third-order valence-electron chi connectivity index (χ3n) is 4.10. The van der Waals surface area contributed by atoms with Crippen LogP contribution < -0.4 is 10.2 Å². The zero-order valence-corrected chi connectivity index (χ0v) is 15.0. The molecular weight excluding hydrogens is 335 g/mol. The smallest absolute Gasteiger partial charge is 0.256 e. The zero-order chi connectivity index (χ0) is 18.5. The molecule has 1 aliphatic heterocycles. The summed E-state index contributed by atoms with van der Waals surface area (Å²) in [6.07, 6.45) is 1.55. The molecule has 6 nitrogen and oxygen atoms in total. The van der Waals surface area contributed by atoms with Crippen molar-refractivity contribution in [2.75, 3.05) is 37.7 Å². The normalized spacial score (nSPS) is 14.5. The number of carbonyl (C=O) groups excluding carboxylic acids is 1. The van der Waals surface area contributed by atoms with Crippen molar-refractivity contribution in [2.24, 2.45) is 5.92 Å². The zero-order valence-electron chi connectivity index (χ0n) is 15.0. The van der Waals surface area contributed by atoms with E-state index in [0.29, 0.717) is 61.5 Å². The van der Waals surface area contributed by atoms with Gasteiger partial charge in [-0.1, -0.05) is 13.8 Å². The molecular formula is C19H23FN4O2. The van der Waals surface area contributed by atoms with Crippen molar-refractivity contribution < 1.29 is 13.9 Å². The average molecular weight is 358 g/mol. The van der Waals surface area contributed by atoms with Gasteiger partial charge in [0.2, 0.25) is 0 Å². The summed E-state index contributed by atoms with van der Waals surface area (Å²) >= 11 is 0. The van der Waals surface area contributed by atoms with Gasteiger partial charge in [0.15, 0.2) is 5.82 Å². The molecule has 2 aromatic rings. The molecule has 1 amide bonds. The van der Waals surface area contributed by atoms with E-state index in [1.165, 1.54) is 12.1 Å². The Morgan fingerprint density at radius 1 is 1.27 bits per heavy atom. The molecule has 1 aliphatic rings. The van der Waals surface area contributed by atoms with E-state index < -0.39 is 0 Å². The molecule has 7 heteroatoms. The molecule has 0 unspecified atom stereocenters. The highest BCUT2D eigenvalue weighted by atomic mass is 19.1. The number of amides is 1. The van der Waals surface area contributed by atoms with Crippen LogP contribution >= 0.6 is 0 Å². The van der Waals surface area contributed by atoms with Crippen molar-refractivity contribution in [2.45, 2.75) is 13.8 Å². The molecule has 1 N–H and O–H groups in total.